The van der Waals surface area contributed by atoms with Crippen molar-refractivity contribution < 1.29 is 5.11 Å². The quantitative estimate of drug-likeness (QED) is 0.653. The summed E-state index contributed by atoms with van der Waals surface area (Å²) in [5.74, 6) is 0. The first-order valence-corrected chi connectivity index (χ1v) is 4.39. The maximum absolute atomic E-state index is 10.3. The molecule has 1 aromatic rings. The van der Waals surface area contributed by atoms with Crippen LogP contribution < -0.4 is 0 Å². The summed E-state index contributed by atoms with van der Waals surface area (Å²) >= 11 is 0. The summed E-state index contributed by atoms with van der Waals surface area (Å²) in [7, 11) is 0. The van der Waals surface area contributed by atoms with Crippen molar-refractivity contribution in [2.45, 2.75) is 26.7 Å². The van der Waals surface area contributed by atoms with Crippen LogP contribution in [0.4, 0.5) is 0 Å². The van der Waals surface area contributed by atoms with E-state index in [0.717, 1.165) is 12.8 Å². The Labute approximate surface area is 74.1 Å². The maximum Gasteiger partial charge on any atom is 0.0825 e. The van der Waals surface area contributed by atoms with Crippen LogP contribution in [0.3, 0.4) is 0 Å². The van der Waals surface area contributed by atoms with Crippen LogP contribution in [-0.4, -0.2) is 6.61 Å². The van der Waals surface area contributed by atoms with E-state index in [9.17, 15) is 5.11 Å². The van der Waals surface area contributed by atoms with Gasteiger partial charge in [-0.1, -0.05) is 18.2 Å². The zero-order valence-electron chi connectivity index (χ0n) is 7.76. The molecular weight excluding hydrogens is 148 g/mol. The minimum atomic E-state index is 0.0355. The molecule has 0 heterocycles. The molecule has 1 nitrogen and oxygen atoms in total. The van der Waals surface area contributed by atoms with Crippen LogP contribution >= 0.6 is 0 Å². The average molecular weight is 163 g/mol. The SMILES string of the molecule is Cc1cccc(C)c1CCC[O]. The highest BCUT2D eigenvalue weighted by Crippen LogP contribution is 2.14. The molecule has 0 N–H and O–H groups in total. The number of hydrogen-bond acceptors (Lipinski definition) is 0. The van der Waals surface area contributed by atoms with Gasteiger partial charge in [0.15, 0.2) is 0 Å². The van der Waals surface area contributed by atoms with Crippen LogP contribution in [0.25, 0.3) is 0 Å². The van der Waals surface area contributed by atoms with Crippen molar-refractivity contribution in [1.29, 1.82) is 0 Å². The van der Waals surface area contributed by atoms with Gasteiger partial charge in [-0.2, -0.15) is 0 Å². The van der Waals surface area contributed by atoms with Crippen molar-refractivity contribution in [3.8, 4) is 0 Å². The van der Waals surface area contributed by atoms with E-state index in [1.54, 1.807) is 0 Å². The highest BCUT2D eigenvalue weighted by atomic mass is 16.2. The summed E-state index contributed by atoms with van der Waals surface area (Å²) < 4.78 is 0. The lowest BCUT2D eigenvalue weighted by atomic mass is 9.99. The van der Waals surface area contributed by atoms with E-state index in [1.807, 2.05) is 0 Å². The third-order valence-corrected chi connectivity index (χ3v) is 2.22. The van der Waals surface area contributed by atoms with Gasteiger partial charge in [0.05, 0.1) is 6.61 Å². The molecular formula is C11H15O. The smallest absolute Gasteiger partial charge is 0.0825 e. The molecule has 0 saturated carbocycles. The second-order valence-corrected chi connectivity index (χ2v) is 3.18. The van der Waals surface area contributed by atoms with E-state index in [4.69, 9.17) is 0 Å². The molecule has 0 aliphatic rings. The number of benzene rings is 1. The van der Waals surface area contributed by atoms with Crippen molar-refractivity contribution in [3.05, 3.63) is 34.9 Å². The van der Waals surface area contributed by atoms with Crippen molar-refractivity contribution >= 4 is 0 Å². The predicted octanol–water partition coefficient (Wildman–Crippen LogP) is 2.67. The fourth-order valence-corrected chi connectivity index (χ4v) is 1.49. The van der Waals surface area contributed by atoms with Crippen LogP contribution in [0.2, 0.25) is 0 Å². The zero-order chi connectivity index (χ0) is 8.97. The van der Waals surface area contributed by atoms with Gasteiger partial charge in [-0.25, -0.2) is 5.11 Å². The Hall–Kier alpha value is -0.820. The second-order valence-electron chi connectivity index (χ2n) is 3.18. The van der Waals surface area contributed by atoms with Gasteiger partial charge >= 0.3 is 0 Å². The molecule has 65 valence electrons. The Kier molecular flexibility index (Phi) is 3.30. The van der Waals surface area contributed by atoms with Gasteiger partial charge in [-0.3, -0.25) is 0 Å². The monoisotopic (exact) mass is 163 g/mol. The normalized spacial score (nSPS) is 10.2. The first-order valence-electron chi connectivity index (χ1n) is 4.39. The van der Waals surface area contributed by atoms with Crippen LogP contribution in [0.15, 0.2) is 18.2 Å². The molecule has 0 atom stereocenters. The third kappa shape index (κ3) is 2.08. The molecule has 1 heteroatoms. The molecule has 1 rings (SSSR count). The highest BCUT2D eigenvalue weighted by Gasteiger charge is 2.00. The molecule has 0 fully saturated rings. The van der Waals surface area contributed by atoms with Gasteiger partial charge in [0.25, 0.3) is 0 Å². The van der Waals surface area contributed by atoms with Gasteiger partial charge in [0.1, 0.15) is 0 Å². The van der Waals surface area contributed by atoms with E-state index in [2.05, 4.69) is 32.0 Å². The van der Waals surface area contributed by atoms with Crippen LogP contribution in [0.1, 0.15) is 23.1 Å². The van der Waals surface area contributed by atoms with Crippen LogP contribution in [-0.2, 0) is 11.5 Å². The zero-order valence-corrected chi connectivity index (χ0v) is 7.76. The number of aryl methyl sites for hydroxylation is 2. The summed E-state index contributed by atoms with van der Waals surface area (Å²) in [6.07, 6.45) is 1.69. The standard InChI is InChI=1S/C11H15O/c1-9-5-3-6-10(2)11(9)7-4-8-12/h3,5-6H,4,7-8H2,1-2H3. The Morgan fingerprint density at radius 1 is 1.17 bits per heavy atom. The van der Waals surface area contributed by atoms with Crippen molar-refractivity contribution in [2.24, 2.45) is 0 Å². The predicted molar refractivity (Wildman–Crippen MR) is 49.8 cm³/mol. The van der Waals surface area contributed by atoms with Gasteiger partial charge in [0, 0.05) is 0 Å². The first kappa shape index (κ1) is 9.27. The number of rotatable bonds is 3. The van der Waals surface area contributed by atoms with E-state index in [1.165, 1.54) is 16.7 Å². The minimum Gasteiger partial charge on any atom is -0.237 e. The highest BCUT2D eigenvalue weighted by molar-refractivity contribution is 5.33. The summed E-state index contributed by atoms with van der Waals surface area (Å²) in [6, 6.07) is 6.27. The van der Waals surface area contributed by atoms with Crippen molar-refractivity contribution in [3.63, 3.8) is 0 Å². The summed E-state index contributed by atoms with van der Waals surface area (Å²) in [6.45, 7) is 4.24. The van der Waals surface area contributed by atoms with Gasteiger partial charge < -0.3 is 0 Å². The molecule has 0 spiro atoms. The molecule has 1 radical (unpaired) electrons. The van der Waals surface area contributed by atoms with Gasteiger partial charge in [0.2, 0.25) is 0 Å². The summed E-state index contributed by atoms with van der Waals surface area (Å²) in [5, 5.41) is 10.3. The average Bonchev–Trinajstić information content (AvgIpc) is 2.04. The molecule has 0 amide bonds. The summed E-state index contributed by atoms with van der Waals surface area (Å²) in [5.41, 5.74) is 3.97. The van der Waals surface area contributed by atoms with E-state index < -0.39 is 0 Å². The van der Waals surface area contributed by atoms with Crippen molar-refractivity contribution in [2.75, 3.05) is 6.61 Å². The van der Waals surface area contributed by atoms with Crippen molar-refractivity contribution in [1.82, 2.24) is 0 Å². The lowest BCUT2D eigenvalue weighted by molar-refractivity contribution is 0.189. The fraction of sp³-hybridized carbons (Fsp3) is 0.455. The Bertz CT molecular complexity index is 233. The van der Waals surface area contributed by atoms with Crippen LogP contribution in [0.5, 0.6) is 0 Å². The van der Waals surface area contributed by atoms with Gasteiger partial charge in [-0.15, -0.1) is 0 Å². The third-order valence-electron chi connectivity index (χ3n) is 2.22. The van der Waals surface area contributed by atoms with Gasteiger partial charge in [-0.05, 0) is 43.4 Å². The number of hydrogen-bond donors (Lipinski definition) is 0. The lowest BCUT2D eigenvalue weighted by Gasteiger charge is -2.07. The van der Waals surface area contributed by atoms with E-state index >= 15 is 0 Å². The Morgan fingerprint density at radius 2 is 1.75 bits per heavy atom. The largest absolute Gasteiger partial charge is 0.237 e. The summed E-state index contributed by atoms with van der Waals surface area (Å²) in [4.78, 5) is 0. The minimum absolute atomic E-state index is 0.0355. The molecule has 0 unspecified atom stereocenters. The Morgan fingerprint density at radius 3 is 2.25 bits per heavy atom. The topological polar surface area (TPSA) is 19.9 Å². The Balaban J connectivity index is 2.81. The lowest BCUT2D eigenvalue weighted by Crippen LogP contribution is -1.95. The molecule has 12 heavy (non-hydrogen) atoms. The second kappa shape index (κ2) is 4.27. The molecule has 0 aromatic heterocycles. The van der Waals surface area contributed by atoms with E-state index in [-0.39, 0.29) is 6.61 Å². The molecule has 0 aliphatic carbocycles. The van der Waals surface area contributed by atoms with Crippen LogP contribution in [0, 0.1) is 13.8 Å². The molecule has 0 bridgehead atoms. The maximum atomic E-state index is 10.3. The molecule has 1 aromatic carbocycles. The van der Waals surface area contributed by atoms with E-state index in [0.29, 0.717) is 0 Å². The molecule has 0 saturated heterocycles. The fourth-order valence-electron chi connectivity index (χ4n) is 1.49. The molecule has 0 aliphatic heterocycles. The first-order chi connectivity index (χ1) is 5.75.